The van der Waals surface area contributed by atoms with Crippen LogP contribution in [0.2, 0.25) is 0 Å². The van der Waals surface area contributed by atoms with E-state index in [1.54, 1.807) is 0 Å². The highest BCUT2D eigenvalue weighted by molar-refractivity contribution is 7.97. The summed E-state index contributed by atoms with van der Waals surface area (Å²) in [4.78, 5) is 0. The smallest absolute Gasteiger partial charge is 0.0836 e. The number of rotatable bonds is 9. The highest BCUT2D eigenvalue weighted by Gasteiger charge is 2.63. The molecule has 1 unspecified atom stereocenters. The predicted molar refractivity (Wildman–Crippen MR) is 205 cm³/mol. The molecule has 6 rings (SSSR count). The summed E-state index contributed by atoms with van der Waals surface area (Å²) in [5.41, 5.74) is 0.191. The van der Waals surface area contributed by atoms with Gasteiger partial charge in [0, 0.05) is 11.1 Å². The van der Waals surface area contributed by atoms with Crippen LogP contribution in [0.4, 0.5) is 0 Å². The Morgan fingerprint density at radius 1 is 0.533 bits per heavy atom. The van der Waals surface area contributed by atoms with Crippen LogP contribution < -0.4 is 26.5 Å². The van der Waals surface area contributed by atoms with Gasteiger partial charge in [-0.25, -0.2) is 0 Å². The molecule has 5 aromatic rings. The molecule has 0 aliphatic heterocycles. The van der Waals surface area contributed by atoms with Crippen LogP contribution in [0.3, 0.4) is 0 Å². The van der Waals surface area contributed by atoms with Crippen LogP contribution in [0.1, 0.15) is 34.1 Å². The zero-order chi connectivity index (χ0) is 31.4. The first kappa shape index (κ1) is 31.3. The molecule has 0 saturated heterocycles. The van der Waals surface area contributed by atoms with Gasteiger partial charge in [0.2, 0.25) is 0 Å². The Kier molecular flexibility index (Phi) is 9.02. The average Bonchev–Trinajstić information content (AvgIpc) is 3.10. The van der Waals surface area contributed by atoms with E-state index in [-0.39, 0.29) is 10.6 Å². The van der Waals surface area contributed by atoms with E-state index in [0.29, 0.717) is 5.66 Å². The van der Waals surface area contributed by atoms with E-state index in [4.69, 9.17) is 0 Å². The second-order valence-electron chi connectivity index (χ2n) is 13.2. The summed E-state index contributed by atoms with van der Waals surface area (Å²) in [6.45, 7) is 8.09. The lowest BCUT2D eigenvalue weighted by atomic mass is 9.82. The van der Waals surface area contributed by atoms with Crippen LogP contribution in [-0.4, -0.2) is 16.6 Å². The summed E-state index contributed by atoms with van der Waals surface area (Å²) in [6, 6.07) is 57.0. The molecule has 5 aromatic carbocycles. The molecule has 0 aromatic heterocycles. The Balaban J connectivity index is 1.73. The highest BCUT2D eigenvalue weighted by Crippen LogP contribution is 2.71. The third-order valence-corrected chi connectivity index (χ3v) is 20.5. The van der Waals surface area contributed by atoms with E-state index in [1.807, 2.05) is 0 Å². The monoisotopic (exact) mass is 623 g/mol. The van der Waals surface area contributed by atoms with Gasteiger partial charge in [-0.15, -0.1) is 0 Å². The molecule has 1 atom stereocenters. The van der Waals surface area contributed by atoms with Crippen molar-refractivity contribution in [3.8, 4) is 0 Å². The van der Waals surface area contributed by atoms with Crippen molar-refractivity contribution in [2.24, 2.45) is 5.41 Å². The van der Waals surface area contributed by atoms with E-state index in [1.165, 1.54) is 26.5 Å². The average molecular weight is 624 g/mol. The van der Waals surface area contributed by atoms with Gasteiger partial charge in [0.05, 0.1) is 5.16 Å². The maximum absolute atomic E-state index is 2.86. The van der Waals surface area contributed by atoms with Crippen LogP contribution in [-0.2, 0) is 0 Å². The van der Waals surface area contributed by atoms with Gasteiger partial charge in [-0.2, -0.15) is 0 Å². The molecule has 0 radical (unpaired) electrons. The van der Waals surface area contributed by atoms with Crippen molar-refractivity contribution in [2.45, 2.75) is 44.9 Å². The van der Waals surface area contributed by atoms with Crippen molar-refractivity contribution in [1.82, 2.24) is 0 Å². The maximum atomic E-state index is 2.86. The van der Waals surface area contributed by atoms with E-state index < -0.39 is 14.1 Å². The van der Waals surface area contributed by atoms with Gasteiger partial charge in [-0.1, -0.05) is 159 Å². The maximum Gasteiger partial charge on any atom is 0.118 e. The molecule has 1 aliphatic carbocycles. The van der Waals surface area contributed by atoms with E-state index in [2.05, 4.69) is 209 Å². The first-order valence-corrected chi connectivity index (χ1v) is 19.8. The van der Waals surface area contributed by atoms with Gasteiger partial charge in [-0.05, 0) is 74.2 Å². The molecule has 0 spiro atoms. The van der Waals surface area contributed by atoms with E-state index in [9.17, 15) is 0 Å². The molecule has 0 N–H and O–H groups in total. The Morgan fingerprint density at radius 3 is 1.27 bits per heavy atom. The molecule has 226 valence electrons. The lowest BCUT2D eigenvalue weighted by Crippen LogP contribution is -2.53. The first-order chi connectivity index (χ1) is 21.8. The van der Waals surface area contributed by atoms with Crippen LogP contribution in [0, 0.1) is 5.41 Å². The van der Waals surface area contributed by atoms with E-state index >= 15 is 0 Å². The topological polar surface area (TPSA) is 0 Å². The third-order valence-electron chi connectivity index (χ3n) is 10.2. The molecule has 45 heavy (non-hydrogen) atoms. The van der Waals surface area contributed by atoms with Crippen molar-refractivity contribution >= 4 is 46.5 Å². The Bertz CT molecular complexity index is 1660. The van der Waals surface area contributed by atoms with E-state index in [0.717, 1.165) is 6.42 Å². The Hall–Kier alpha value is -3.69. The van der Waals surface area contributed by atoms with Crippen LogP contribution in [0.25, 0.3) is 0 Å². The van der Waals surface area contributed by atoms with Crippen LogP contribution in [0.15, 0.2) is 176 Å². The van der Waals surface area contributed by atoms with Gasteiger partial charge in [-0.3, -0.25) is 0 Å². The second kappa shape index (κ2) is 13.0. The molecular formula is C43H45P2+. The molecular weight excluding hydrogens is 578 g/mol. The molecule has 2 heteroatoms. The second-order valence-corrected chi connectivity index (χ2v) is 20.7. The van der Waals surface area contributed by atoms with Gasteiger partial charge in [0.25, 0.3) is 0 Å². The molecule has 0 nitrogen and oxygen atoms in total. The van der Waals surface area contributed by atoms with Gasteiger partial charge < -0.3 is 0 Å². The largest absolute Gasteiger partial charge is 0.118 e. The minimum atomic E-state index is -2.23. The summed E-state index contributed by atoms with van der Waals surface area (Å²) in [7, 11) is -2.23. The predicted octanol–water partition coefficient (Wildman–Crippen LogP) is 9.14. The van der Waals surface area contributed by atoms with Crippen LogP contribution in [0.5, 0.6) is 0 Å². The SMILES string of the molecule is CC(C)(C=P(c1ccccc1)(c1ccccc1)C1C=CC=CC1)C(C)(C)[P+](c1ccccc1)(c1ccccc1)c1ccccc1. The van der Waals surface area contributed by atoms with Crippen molar-refractivity contribution in [2.75, 3.05) is 0 Å². The quantitative estimate of drug-likeness (QED) is 0.144. The molecule has 1 aliphatic rings. The Morgan fingerprint density at radius 2 is 0.911 bits per heavy atom. The summed E-state index contributed by atoms with van der Waals surface area (Å²) in [5, 5.41) is 7.02. The summed E-state index contributed by atoms with van der Waals surface area (Å²) < 4.78 is 0. The minimum absolute atomic E-state index is 0.174. The molecule has 0 bridgehead atoms. The summed E-state index contributed by atoms with van der Waals surface area (Å²) in [5.74, 6) is 2.86. The number of benzene rings is 5. The van der Waals surface area contributed by atoms with Gasteiger partial charge in [0.1, 0.15) is 23.2 Å². The minimum Gasteiger partial charge on any atom is -0.0836 e. The highest BCUT2D eigenvalue weighted by atomic mass is 31.2. The molecule has 0 heterocycles. The molecule has 0 amide bonds. The third kappa shape index (κ3) is 5.44. The number of hydrogen-bond acceptors (Lipinski definition) is 0. The lowest BCUT2D eigenvalue weighted by molar-refractivity contribution is 0.412. The standard InChI is InChI=1S/C43H45P2/c1-42(2,35-44(36-23-11-5-12-24-36,37-25-13-6-14-26-37)38-27-15-7-16-28-38)43(3,4)45(39-29-17-8-18-30-39,40-31-19-9-20-32-40)41-33-21-10-22-34-41/h5-27,29-35,38H,28H2,1-4H3/q+1. The zero-order valence-corrected chi connectivity index (χ0v) is 28.8. The number of allylic oxidation sites excluding steroid dienone is 4. The molecule has 0 fully saturated rings. The van der Waals surface area contributed by atoms with Crippen molar-refractivity contribution < 1.29 is 0 Å². The summed E-state index contributed by atoms with van der Waals surface area (Å²) >= 11 is 0. The van der Waals surface area contributed by atoms with Crippen molar-refractivity contribution in [3.05, 3.63) is 176 Å². The fourth-order valence-corrected chi connectivity index (χ4v) is 18.2. The van der Waals surface area contributed by atoms with Gasteiger partial charge >= 0.3 is 0 Å². The van der Waals surface area contributed by atoms with Crippen molar-refractivity contribution in [1.29, 1.82) is 0 Å². The lowest BCUT2D eigenvalue weighted by Gasteiger charge is -2.50. The fourth-order valence-electron chi connectivity index (χ4n) is 7.47. The van der Waals surface area contributed by atoms with Crippen LogP contribution >= 0.6 is 14.1 Å². The zero-order valence-electron chi connectivity index (χ0n) is 27.0. The van der Waals surface area contributed by atoms with Gasteiger partial charge in [0.15, 0.2) is 0 Å². The first-order valence-electron chi connectivity index (χ1n) is 16.1. The normalized spacial score (nSPS) is 15.5. The summed E-state index contributed by atoms with van der Waals surface area (Å²) in [6.07, 6.45) is 10.4. The van der Waals surface area contributed by atoms with Crippen molar-refractivity contribution in [3.63, 3.8) is 0 Å². The number of hydrogen-bond donors (Lipinski definition) is 0. The fraction of sp³-hybridized carbons (Fsp3) is 0.186. The molecule has 0 saturated carbocycles. The Labute approximate surface area is 271 Å².